The molecule has 8 nitrogen and oxygen atoms in total. The molecule has 2 rings (SSSR count). The minimum atomic E-state index is -0.624. The van der Waals surface area contributed by atoms with Gasteiger partial charge in [-0.05, 0) is 16.4 Å². The fraction of sp³-hybridized carbons (Fsp3) is 0. The molecule has 0 spiro atoms. The third-order valence-corrected chi connectivity index (χ3v) is 1.74. The van der Waals surface area contributed by atoms with Crippen molar-refractivity contribution in [2.24, 2.45) is 4.99 Å². The van der Waals surface area contributed by atoms with Crippen LogP contribution in [0.25, 0.3) is 11.0 Å². The molecule has 0 atom stereocenters. The van der Waals surface area contributed by atoms with Crippen LogP contribution in [0.2, 0.25) is 0 Å². The quantitative estimate of drug-likeness (QED) is 0.314. The lowest BCUT2D eigenvalue weighted by Crippen LogP contribution is -1.89. The Labute approximate surface area is 81.3 Å². The first kappa shape index (κ1) is 8.97. The number of fused-ring (bicyclic) bond motifs is 1. The summed E-state index contributed by atoms with van der Waals surface area (Å²) in [6, 6.07) is 2.44. The van der Waals surface area contributed by atoms with Crippen LogP contribution < -0.4 is 0 Å². The molecule has 0 amide bonds. The van der Waals surface area contributed by atoms with Crippen molar-refractivity contribution < 1.29 is 14.3 Å². The Kier molecular flexibility index (Phi) is 1.96. The number of non-ortho nitro benzene ring substituents is 1. The van der Waals surface area contributed by atoms with E-state index in [0.29, 0.717) is 0 Å². The Morgan fingerprint density at radius 3 is 2.80 bits per heavy atom. The van der Waals surface area contributed by atoms with Crippen molar-refractivity contribution in [2.45, 2.75) is 0 Å². The molecule has 0 N–H and O–H groups in total. The summed E-state index contributed by atoms with van der Waals surface area (Å²) in [5.74, 6) is 0. The minimum Gasteiger partial charge on any atom is -0.258 e. The van der Waals surface area contributed by atoms with Gasteiger partial charge in [0.15, 0.2) is 5.52 Å². The van der Waals surface area contributed by atoms with Crippen LogP contribution >= 0.6 is 0 Å². The van der Waals surface area contributed by atoms with E-state index in [-0.39, 0.29) is 22.4 Å². The molecule has 1 aromatic carbocycles. The number of hydrogen-bond donors (Lipinski definition) is 0. The molecule has 15 heavy (non-hydrogen) atoms. The summed E-state index contributed by atoms with van der Waals surface area (Å²) in [6.07, 6.45) is 1.31. The lowest BCUT2D eigenvalue weighted by atomic mass is 10.2. The van der Waals surface area contributed by atoms with Crippen molar-refractivity contribution in [1.29, 1.82) is 0 Å². The Morgan fingerprint density at radius 2 is 2.13 bits per heavy atom. The van der Waals surface area contributed by atoms with E-state index in [4.69, 9.17) is 0 Å². The number of carbonyl (C=O) groups excluding carboxylic acids is 1. The number of hydrogen-bond acceptors (Lipinski definition) is 7. The smallest absolute Gasteiger partial charge is 0.258 e. The van der Waals surface area contributed by atoms with Gasteiger partial charge < -0.3 is 0 Å². The zero-order chi connectivity index (χ0) is 10.8. The van der Waals surface area contributed by atoms with E-state index in [1.165, 1.54) is 18.2 Å². The van der Waals surface area contributed by atoms with Gasteiger partial charge in [0.25, 0.3) is 0 Å². The topological polar surface area (TPSA) is 111 Å². The zero-order valence-electron chi connectivity index (χ0n) is 7.08. The summed E-state index contributed by atoms with van der Waals surface area (Å²) in [5.41, 5.74) is -0.105. The molecule has 2 aromatic rings. The second-order valence-corrected chi connectivity index (χ2v) is 2.53. The SMILES string of the molecule is O=C=Nc1ccc([N+](=O)[O-])c2nonc12. The second-order valence-electron chi connectivity index (χ2n) is 2.53. The van der Waals surface area contributed by atoms with Gasteiger partial charge >= 0.3 is 5.69 Å². The largest absolute Gasteiger partial charge is 0.300 e. The maximum absolute atomic E-state index is 10.6. The molecule has 1 aromatic heterocycles. The predicted molar refractivity (Wildman–Crippen MR) is 46.2 cm³/mol. The van der Waals surface area contributed by atoms with Gasteiger partial charge in [-0.3, -0.25) is 10.1 Å². The van der Waals surface area contributed by atoms with Gasteiger partial charge in [0, 0.05) is 6.07 Å². The van der Waals surface area contributed by atoms with Gasteiger partial charge in [-0.25, -0.2) is 9.42 Å². The third-order valence-electron chi connectivity index (χ3n) is 1.74. The fourth-order valence-corrected chi connectivity index (χ4v) is 1.13. The maximum atomic E-state index is 10.6. The fourth-order valence-electron chi connectivity index (χ4n) is 1.13. The Hall–Kier alpha value is -2.60. The highest BCUT2D eigenvalue weighted by Crippen LogP contribution is 2.29. The molecule has 74 valence electrons. The van der Waals surface area contributed by atoms with Gasteiger partial charge in [0.1, 0.15) is 5.69 Å². The highest BCUT2D eigenvalue weighted by molar-refractivity contribution is 5.92. The molecule has 0 bridgehead atoms. The lowest BCUT2D eigenvalue weighted by molar-refractivity contribution is -0.383. The van der Waals surface area contributed by atoms with Gasteiger partial charge in [0.2, 0.25) is 11.6 Å². The number of nitro groups is 1. The normalized spacial score (nSPS) is 9.87. The first-order valence-corrected chi connectivity index (χ1v) is 3.71. The standard InChI is InChI=1S/C7H2N4O4/c12-3-8-4-1-2-5(11(13)14)7-6(4)9-15-10-7/h1-2H. The van der Waals surface area contributed by atoms with Crippen LogP contribution in [0.3, 0.4) is 0 Å². The van der Waals surface area contributed by atoms with E-state index in [9.17, 15) is 14.9 Å². The molecule has 0 aliphatic carbocycles. The van der Waals surface area contributed by atoms with Crippen LogP contribution in [0.15, 0.2) is 21.8 Å². The van der Waals surface area contributed by atoms with Crippen molar-refractivity contribution in [1.82, 2.24) is 10.3 Å². The molecule has 0 unspecified atom stereocenters. The molecular weight excluding hydrogens is 204 g/mol. The first-order valence-electron chi connectivity index (χ1n) is 3.71. The second kappa shape index (κ2) is 3.28. The summed E-state index contributed by atoms with van der Waals surface area (Å²) >= 11 is 0. The molecule has 0 aliphatic heterocycles. The number of rotatable bonds is 2. The number of nitrogens with zero attached hydrogens (tertiary/aromatic N) is 4. The average Bonchev–Trinajstić information content (AvgIpc) is 2.66. The van der Waals surface area contributed by atoms with E-state index in [1.807, 2.05) is 0 Å². The van der Waals surface area contributed by atoms with Crippen molar-refractivity contribution in [3.63, 3.8) is 0 Å². The van der Waals surface area contributed by atoms with Crippen molar-refractivity contribution >= 4 is 28.5 Å². The van der Waals surface area contributed by atoms with Crippen molar-refractivity contribution in [3.8, 4) is 0 Å². The molecule has 0 saturated carbocycles. The first-order chi connectivity index (χ1) is 7.24. The van der Waals surface area contributed by atoms with Crippen LogP contribution in [-0.4, -0.2) is 21.3 Å². The van der Waals surface area contributed by atoms with Crippen LogP contribution in [0.5, 0.6) is 0 Å². The van der Waals surface area contributed by atoms with E-state index in [0.717, 1.165) is 0 Å². The van der Waals surface area contributed by atoms with E-state index >= 15 is 0 Å². The number of nitro benzene ring substituents is 1. The maximum Gasteiger partial charge on any atom is 0.300 e. The molecule has 0 fully saturated rings. The predicted octanol–water partition coefficient (Wildman–Crippen LogP) is 1.10. The van der Waals surface area contributed by atoms with Gasteiger partial charge in [-0.1, -0.05) is 0 Å². The van der Waals surface area contributed by atoms with Gasteiger partial charge in [-0.15, -0.1) is 0 Å². The van der Waals surface area contributed by atoms with E-state index in [2.05, 4.69) is 19.9 Å². The van der Waals surface area contributed by atoms with Gasteiger partial charge in [0.05, 0.1) is 4.92 Å². The minimum absolute atomic E-state index is 0.0449. The van der Waals surface area contributed by atoms with Crippen molar-refractivity contribution in [3.05, 3.63) is 22.2 Å². The Morgan fingerprint density at radius 1 is 1.40 bits per heavy atom. The van der Waals surface area contributed by atoms with Crippen molar-refractivity contribution in [2.75, 3.05) is 0 Å². The van der Waals surface area contributed by atoms with E-state index in [1.54, 1.807) is 0 Å². The Bertz CT molecular complexity index is 548. The average molecular weight is 206 g/mol. The summed E-state index contributed by atoms with van der Waals surface area (Å²) in [5, 5.41) is 17.4. The third kappa shape index (κ3) is 1.34. The van der Waals surface area contributed by atoms with Crippen LogP contribution in [0.4, 0.5) is 11.4 Å². The van der Waals surface area contributed by atoms with Crippen LogP contribution in [0.1, 0.15) is 0 Å². The molecule has 0 aliphatic rings. The van der Waals surface area contributed by atoms with Crippen LogP contribution in [-0.2, 0) is 4.79 Å². The highest BCUT2D eigenvalue weighted by Gasteiger charge is 2.19. The summed E-state index contributed by atoms with van der Waals surface area (Å²) in [7, 11) is 0. The molecule has 0 saturated heterocycles. The summed E-state index contributed by atoms with van der Waals surface area (Å²) in [4.78, 5) is 23.3. The number of isocyanates is 1. The monoisotopic (exact) mass is 206 g/mol. The lowest BCUT2D eigenvalue weighted by Gasteiger charge is -1.92. The Balaban J connectivity index is 2.81. The zero-order valence-corrected chi connectivity index (χ0v) is 7.08. The summed E-state index contributed by atoms with van der Waals surface area (Å²) < 4.78 is 4.35. The molecule has 8 heteroatoms. The molecule has 0 radical (unpaired) electrons. The molecule has 1 heterocycles. The van der Waals surface area contributed by atoms with Crippen LogP contribution in [0, 0.1) is 10.1 Å². The number of aliphatic imine (C=N–C) groups is 1. The number of benzene rings is 1. The summed E-state index contributed by atoms with van der Waals surface area (Å²) in [6.45, 7) is 0. The molecular formula is C7H2N4O4. The van der Waals surface area contributed by atoms with Gasteiger partial charge in [-0.2, -0.15) is 4.99 Å². The number of aromatic nitrogens is 2. The highest BCUT2D eigenvalue weighted by atomic mass is 16.6. The van der Waals surface area contributed by atoms with E-state index < -0.39 is 4.92 Å².